The van der Waals surface area contributed by atoms with Gasteiger partial charge in [-0.1, -0.05) is 12.1 Å². The first-order valence-corrected chi connectivity index (χ1v) is 12.9. The van der Waals surface area contributed by atoms with Crippen LogP contribution >= 0.6 is 0 Å². The van der Waals surface area contributed by atoms with Gasteiger partial charge in [0, 0.05) is 11.6 Å². The summed E-state index contributed by atoms with van der Waals surface area (Å²) >= 11 is 0. The van der Waals surface area contributed by atoms with E-state index in [-0.39, 0.29) is 10.6 Å². The van der Waals surface area contributed by atoms with Crippen LogP contribution in [0.5, 0.6) is 23.0 Å². The van der Waals surface area contributed by atoms with E-state index in [9.17, 15) is 13.2 Å². The van der Waals surface area contributed by atoms with Crippen LogP contribution < -0.4 is 28.7 Å². The minimum atomic E-state index is -4.19. The smallest absolute Gasteiger partial charge is 0.264 e. The number of hydrogen-bond donors (Lipinski definition) is 1. The zero-order valence-electron chi connectivity index (χ0n) is 22.1. The summed E-state index contributed by atoms with van der Waals surface area (Å²) in [5.74, 6) is 0.927. The van der Waals surface area contributed by atoms with Crippen molar-refractivity contribution >= 4 is 27.8 Å². The Morgan fingerprint density at radius 1 is 0.868 bits per heavy atom. The molecule has 0 aromatic heterocycles. The van der Waals surface area contributed by atoms with Crippen LogP contribution in [0, 0.1) is 13.8 Å². The van der Waals surface area contributed by atoms with E-state index in [1.54, 1.807) is 30.3 Å². The highest BCUT2D eigenvalue weighted by molar-refractivity contribution is 7.92. The van der Waals surface area contributed by atoms with Crippen LogP contribution in [-0.2, 0) is 14.8 Å². The van der Waals surface area contributed by atoms with Crippen LogP contribution in [0.3, 0.4) is 0 Å². The molecule has 0 atom stereocenters. The van der Waals surface area contributed by atoms with Crippen LogP contribution in [0.1, 0.15) is 16.7 Å². The number of hydrazone groups is 1. The number of anilines is 1. The topological polar surface area (TPSA) is 116 Å². The normalized spacial score (nSPS) is 11.2. The Bertz CT molecular complexity index is 1420. The van der Waals surface area contributed by atoms with Gasteiger partial charge in [0.1, 0.15) is 6.54 Å². The average Bonchev–Trinajstić information content (AvgIpc) is 2.90. The quantitative estimate of drug-likeness (QED) is 0.291. The Labute approximate surface area is 222 Å². The number of rotatable bonds is 11. The first kappa shape index (κ1) is 28.3. The molecule has 0 aliphatic heterocycles. The Balaban J connectivity index is 1.94. The van der Waals surface area contributed by atoms with Crippen molar-refractivity contribution in [3.63, 3.8) is 0 Å². The zero-order chi connectivity index (χ0) is 27.9. The fourth-order valence-corrected chi connectivity index (χ4v) is 5.29. The monoisotopic (exact) mass is 541 g/mol. The minimum Gasteiger partial charge on any atom is -0.493 e. The molecule has 38 heavy (non-hydrogen) atoms. The standard InChI is InChI=1S/C27H31N3O7S/c1-18-12-19(2)14-21(13-18)30(38(32,33)22-10-11-23(34-3)25(15-22)36-5)17-26(31)29-28-16-20-8-7-9-24(35-4)27(20)37-6/h7-16H,17H2,1-6H3,(H,29,31)/b28-16-. The van der Waals surface area contributed by atoms with Gasteiger partial charge in [-0.25, -0.2) is 13.8 Å². The van der Waals surface area contributed by atoms with Gasteiger partial charge in [-0.2, -0.15) is 5.10 Å². The van der Waals surface area contributed by atoms with Gasteiger partial charge in [0.25, 0.3) is 15.9 Å². The van der Waals surface area contributed by atoms with Gasteiger partial charge >= 0.3 is 0 Å². The van der Waals surface area contributed by atoms with E-state index in [1.807, 2.05) is 19.9 Å². The van der Waals surface area contributed by atoms with Crippen LogP contribution in [0.15, 0.2) is 64.6 Å². The number of methoxy groups -OCH3 is 4. The maximum absolute atomic E-state index is 13.8. The maximum Gasteiger partial charge on any atom is 0.264 e. The molecule has 0 saturated heterocycles. The Morgan fingerprint density at radius 2 is 1.53 bits per heavy atom. The first-order chi connectivity index (χ1) is 18.1. The van der Waals surface area contributed by atoms with Gasteiger partial charge in [-0.05, 0) is 61.4 Å². The lowest BCUT2D eigenvalue weighted by molar-refractivity contribution is -0.119. The summed E-state index contributed by atoms with van der Waals surface area (Å²) in [6, 6.07) is 14.8. The number of aryl methyl sites for hydroxylation is 2. The van der Waals surface area contributed by atoms with Crippen molar-refractivity contribution in [3.05, 3.63) is 71.3 Å². The molecule has 0 fully saturated rings. The molecule has 1 amide bonds. The van der Waals surface area contributed by atoms with E-state index in [0.717, 1.165) is 15.4 Å². The Kier molecular flexibility index (Phi) is 9.19. The summed E-state index contributed by atoms with van der Waals surface area (Å²) in [4.78, 5) is 12.9. The summed E-state index contributed by atoms with van der Waals surface area (Å²) in [5, 5.41) is 3.99. The van der Waals surface area contributed by atoms with Crippen molar-refractivity contribution in [2.75, 3.05) is 39.3 Å². The van der Waals surface area contributed by atoms with Crippen molar-refractivity contribution in [2.24, 2.45) is 5.10 Å². The third-order valence-electron chi connectivity index (χ3n) is 5.55. The van der Waals surface area contributed by atoms with Gasteiger partial charge in [0.15, 0.2) is 23.0 Å². The van der Waals surface area contributed by atoms with Crippen LogP contribution in [0.4, 0.5) is 5.69 Å². The molecule has 11 heteroatoms. The fourth-order valence-electron chi connectivity index (χ4n) is 3.87. The molecule has 0 spiro atoms. The van der Waals surface area contributed by atoms with E-state index in [4.69, 9.17) is 18.9 Å². The number of carbonyl (C=O) groups excluding carboxylic acids is 1. The number of para-hydroxylation sites is 1. The van der Waals surface area contributed by atoms with E-state index in [0.29, 0.717) is 28.5 Å². The molecule has 0 aliphatic rings. The molecule has 3 aromatic carbocycles. The average molecular weight is 542 g/mol. The Morgan fingerprint density at radius 3 is 2.13 bits per heavy atom. The second kappa shape index (κ2) is 12.3. The SMILES string of the molecule is COc1ccc(S(=O)(=O)N(CC(=O)N/N=C\c2cccc(OC)c2OC)c2cc(C)cc(C)c2)cc1OC. The molecule has 0 heterocycles. The van der Waals surface area contributed by atoms with Crippen molar-refractivity contribution in [2.45, 2.75) is 18.7 Å². The minimum absolute atomic E-state index is 0.0632. The van der Waals surface area contributed by atoms with Gasteiger partial charge in [0.2, 0.25) is 0 Å². The molecule has 202 valence electrons. The lowest BCUT2D eigenvalue weighted by atomic mass is 10.1. The fraction of sp³-hybridized carbons (Fsp3) is 0.259. The predicted octanol–water partition coefficient (Wildman–Crippen LogP) is 3.68. The highest BCUT2D eigenvalue weighted by atomic mass is 32.2. The summed E-state index contributed by atoms with van der Waals surface area (Å²) < 4.78 is 49.8. The van der Waals surface area contributed by atoms with Gasteiger partial charge in [-0.3, -0.25) is 9.10 Å². The molecule has 0 radical (unpaired) electrons. The molecule has 10 nitrogen and oxygen atoms in total. The highest BCUT2D eigenvalue weighted by Crippen LogP contribution is 2.33. The van der Waals surface area contributed by atoms with Crippen molar-refractivity contribution in [3.8, 4) is 23.0 Å². The van der Waals surface area contributed by atoms with Crippen molar-refractivity contribution < 1.29 is 32.2 Å². The molecule has 3 aromatic rings. The number of benzene rings is 3. The van der Waals surface area contributed by atoms with Crippen LogP contribution in [-0.4, -0.2) is 55.5 Å². The number of ether oxygens (including phenoxy) is 4. The van der Waals surface area contributed by atoms with E-state index in [1.165, 1.54) is 52.9 Å². The summed E-state index contributed by atoms with van der Waals surface area (Å²) in [5.41, 5.74) is 4.99. The highest BCUT2D eigenvalue weighted by Gasteiger charge is 2.28. The van der Waals surface area contributed by atoms with Crippen molar-refractivity contribution in [1.82, 2.24) is 5.43 Å². The Hall–Kier alpha value is -4.25. The maximum atomic E-state index is 13.8. The summed E-state index contributed by atoms with van der Waals surface area (Å²) in [6.07, 6.45) is 1.39. The third-order valence-corrected chi connectivity index (χ3v) is 7.32. The third kappa shape index (κ3) is 6.35. The molecule has 0 unspecified atom stereocenters. The second-order valence-corrected chi connectivity index (χ2v) is 10.1. The lowest BCUT2D eigenvalue weighted by Crippen LogP contribution is -2.39. The van der Waals surface area contributed by atoms with Gasteiger partial charge in [-0.15, -0.1) is 0 Å². The molecule has 1 N–H and O–H groups in total. The molecule has 0 aliphatic carbocycles. The summed E-state index contributed by atoms with van der Waals surface area (Å²) in [7, 11) is 1.69. The van der Waals surface area contributed by atoms with Crippen LogP contribution in [0.25, 0.3) is 0 Å². The summed E-state index contributed by atoms with van der Waals surface area (Å²) in [6.45, 7) is 3.18. The first-order valence-electron chi connectivity index (χ1n) is 11.5. The molecule has 0 bridgehead atoms. The van der Waals surface area contributed by atoms with Crippen molar-refractivity contribution in [1.29, 1.82) is 0 Å². The largest absolute Gasteiger partial charge is 0.493 e. The van der Waals surface area contributed by atoms with E-state index < -0.39 is 22.5 Å². The molecular weight excluding hydrogens is 510 g/mol. The number of amides is 1. The zero-order valence-corrected chi connectivity index (χ0v) is 23.0. The number of hydrogen-bond acceptors (Lipinski definition) is 8. The molecule has 0 saturated carbocycles. The molecule has 3 rings (SSSR count). The lowest BCUT2D eigenvalue weighted by Gasteiger charge is -2.25. The molecular formula is C27H31N3O7S. The number of nitrogens with one attached hydrogen (secondary N) is 1. The van der Waals surface area contributed by atoms with Gasteiger partial charge < -0.3 is 18.9 Å². The number of sulfonamides is 1. The number of nitrogens with zero attached hydrogens (tertiary/aromatic N) is 2. The van der Waals surface area contributed by atoms with Gasteiger partial charge in [0.05, 0.1) is 45.2 Å². The van der Waals surface area contributed by atoms with Crippen LogP contribution in [0.2, 0.25) is 0 Å². The second-order valence-electron chi connectivity index (χ2n) is 8.25. The van der Waals surface area contributed by atoms with E-state index in [2.05, 4.69) is 10.5 Å². The van der Waals surface area contributed by atoms with E-state index >= 15 is 0 Å². The predicted molar refractivity (Wildman–Crippen MR) is 145 cm³/mol. The number of carbonyl (C=O) groups is 1.